The molecule has 0 radical (unpaired) electrons. The van der Waals surface area contributed by atoms with Crippen molar-refractivity contribution in [1.82, 2.24) is 15.1 Å². The predicted octanol–water partition coefficient (Wildman–Crippen LogP) is 0.367. The highest BCUT2D eigenvalue weighted by molar-refractivity contribution is 9.10. The highest BCUT2D eigenvalue weighted by atomic mass is 79.9. The van der Waals surface area contributed by atoms with Gasteiger partial charge in [0.15, 0.2) is 0 Å². The molecule has 1 N–H and O–H groups in total. The summed E-state index contributed by atoms with van der Waals surface area (Å²) >= 11 is 3.35. The average molecular weight is 359 g/mol. The third-order valence-electron chi connectivity index (χ3n) is 3.45. The van der Waals surface area contributed by atoms with Crippen LogP contribution in [0.1, 0.15) is 13.3 Å². The molecule has 0 saturated carbocycles. The first-order chi connectivity index (χ1) is 10.1. The minimum absolute atomic E-state index is 0.188. The molecule has 1 aliphatic rings. The number of hydrogen-bond acceptors (Lipinski definition) is 6. The van der Waals surface area contributed by atoms with Gasteiger partial charge in [0.2, 0.25) is 0 Å². The van der Waals surface area contributed by atoms with Crippen LogP contribution in [-0.4, -0.2) is 48.5 Å². The van der Waals surface area contributed by atoms with Crippen molar-refractivity contribution < 1.29 is 9.53 Å². The molecule has 1 aliphatic heterocycles. The summed E-state index contributed by atoms with van der Waals surface area (Å²) in [7, 11) is 1.28. The number of anilines is 1. The van der Waals surface area contributed by atoms with Gasteiger partial charge in [-0.25, -0.2) is 4.68 Å². The van der Waals surface area contributed by atoms with Gasteiger partial charge < -0.3 is 15.0 Å². The Morgan fingerprint density at radius 2 is 2.33 bits per heavy atom. The second-order valence-corrected chi connectivity index (χ2v) is 5.68. The van der Waals surface area contributed by atoms with E-state index in [0.717, 1.165) is 36.4 Å². The molecule has 1 saturated heterocycles. The fraction of sp³-hybridized carbons (Fsp3) is 0.615. The van der Waals surface area contributed by atoms with Gasteiger partial charge in [-0.15, -0.1) is 0 Å². The van der Waals surface area contributed by atoms with Gasteiger partial charge in [0, 0.05) is 19.6 Å². The number of carbonyl (C=O) groups excluding carboxylic acids is 1. The lowest BCUT2D eigenvalue weighted by Gasteiger charge is -2.39. The van der Waals surface area contributed by atoms with Crippen molar-refractivity contribution in [3.05, 3.63) is 21.0 Å². The van der Waals surface area contributed by atoms with Crippen LogP contribution in [0.4, 0.5) is 5.69 Å². The summed E-state index contributed by atoms with van der Waals surface area (Å²) in [6.07, 6.45) is 2.61. The third kappa shape index (κ3) is 3.44. The molecule has 0 amide bonds. The van der Waals surface area contributed by atoms with Gasteiger partial charge in [-0.1, -0.05) is 6.92 Å². The number of esters is 1. The van der Waals surface area contributed by atoms with E-state index < -0.39 is 5.97 Å². The van der Waals surface area contributed by atoms with Crippen LogP contribution in [0.15, 0.2) is 15.5 Å². The fourth-order valence-corrected chi connectivity index (χ4v) is 2.73. The molecule has 0 aliphatic carbocycles. The Morgan fingerprint density at radius 1 is 1.62 bits per heavy atom. The maximum absolute atomic E-state index is 12.3. The number of aromatic nitrogens is 2. The molecule has 1 aromatic rings. The lowest BCUT2D eigenvalue weighted by molar-refractivity contribution is -0.141. The highest BCUT2D eigenvalue weighted by Crippen LogP contribution is 2.25. The normalized spacial score (nSPS) is 14.6. The summed E-state index contributed by atoms with van der Waals surface area (Å²) in [5, 5.41) is 7.31. The van der Waals surface area contributed by atoms with Crippen molar-refractivity contribution >= 4 is 27.6 Å². The Balaban J connectivity index is 2.29. The first kappa shape index (κ1) is 16.0. The summed E-state index contributed by atoms with van der Waals surface area (Å²) in [5.74, 6) is -0.502. The fourth-order valence-electron chi connectivity index (χ4n) is 2.19. The lowest BCUT2D eigenvalue weighted by atomic mass is 10.1. The molecule has 0 atom stereocenters. The van der Waals surface area contributed by atoms with E-state index in [-0.39, 0.29) is 12.1 Å². The first-order valence-electron chi connectivity index (χ1n) is 6.88. The predicted molar refractivity (Wildman–Crippen MR) is 82.5 cm³/mol. The molecule has 7 nitrogen and oxygen atoms in total. The Labute approximate surface area is 131 Å². The van der Waals surface area contributed by atoms with Gasteiger partial charge >= 0.3 is 5.97 Å². The molecule has 21 heavy (non-hydrogen) atoms. The van der Waals surface area contributed by atoms with E-state index in [1.54, 1.807) is 6.20 Å². The lowest BCUT2D eigenvalue weighted by Crippen LogP contribution is -2.58. The minimum Gasteiger partial charge on any atom is -0.468 e. The molecule has 2 rings (SSSR count). The zero-order valence-corrected chi connectivity index (χ0v) is 13.7. The largest absolute Gasteiger partial charge is 0.468 e. The van der Waals surface area contributed by atoms with Crippen LogP contribution in [0.5, 0.6) is 0 Å². The van der Waals surface area contributed by atoms with Crippen LogP contribution in [0.2, 0.25) is 0 Å². The summed E-state index contributed by atoms with van der Waals surface area (Å²) in [6.45, 7) is 4.56. The Kier molecular flexibility index (Phi) is 5.35. The molecule has 0 unspecified atom stereocenters. The molecule has 0 bridgehead atoms. The topological polar surface area (TPSA) is 76.5 Å². The number of methoxy groups -OCH3 is 1. The van der Waals surface area contributed by atoms with Gasteiger partial charge in [-0.2, -0.15) is 5.10 Å². The number of rotatable bonds is 6. The van der Waals surface area contributed by atoms with E-state index in [0.29, 0.717) is 10.5 Å². The minimum atomic E-state index is -0.502. The van der Waals surface area contributed by atoms with E-state index in [9.17, 15) is 9.59 Å². The van der Waals surface area contributed by atoms with Gasteiger partial charge in [-0.05, 0) is 22.4 Å². The van der Waals surface area contributed by atoms with Crippen LogP contribution in [0, 0.1) is 0 Å². The molecular formula is C13H19BrN4O3. The zero-order valence-electron chi connectivity index (χ0n) is 12.1. The maximum Gasteiger partial charge on any atom is 0.327 e. The number of hydrogen-bond donors (Lipinski definition) is 1. The van der Waals surface area contributed by atoms with Crippen LogP contribution >= 0.6 is 15.9 Å². The summed E-state index contributed by atoms with van der Waals surface area (Å²) in [6, 6.07) is 0.374. The van der Waals surface area contributed by atoms with Crippen molar-refractivity contribution in [2.45, 2.75) is 25.9 Å². The summed E-state index contributed by atoms with van der Waals surface area (Å²) in [4.78, 5) is 25.7. The Bertz CT molecular complexity index is 571. The molecule has 8 heteroatoms. The molecule has 2 heterocycles. The monoisotopic (exact) mass is 358 g/mol. The quantitative estimate of drug-likeness (QED) is 0.740. The number of halogens is 1. The van der Waals surface area contributed by atoms with Crippen molar-refractivity contribution in [3.63, 3.8) is 0 Å². The van der Waals surface area contributed by atoms with Crippen molar-refractivity contribution in [2.24, 2.45) is 0 Å². The Hall–Kier alpha value is -1.41. The first-order valence-corrected chi connectivity index (χ1v) is 7.67. The average Bonchev–Trinajstić information content (AvgIpc) is 2.42. The smallest absolute Gasteiger partial charge is 0.327 e. The number of carbonyl (C=O) groups is 1. The van der Waals surface area contributed by atoms with Gasteiger partial charge in [0.05, 0.1) is 25.0 Å². The summed E-state index contributed by atoms with van der Waals surface area (Å²) < 4.78 is 6.09. The third-order valence-corrected chi connectivity index (χ3v) is 4.19. The van der Waals surface area contributed by atoms with Crippen LogP contribution in [0.25, 0.3) is 0 Å². The molecule has 1 fully saturated rings. The summed E-state index contributed by atoms with van der Waals surface area (Å²) in [5.41, 5.74) is 0.445. The van der Waals surface area contributed by atoms with Crippen molar-refractivity contribution in [2.75, 3.05) is 31.6 Å². The number of ether oxygens (including phenoxy) is 1. The number of nitrogens with one attached hydrogen (secondary N) is 1. The standard InChI is InChI=1S/C13H19BrN4O3/c1-3-4-17(9-5-15-6-9)10-7-16-18(8-11(19)21-2)13(20)12(10)14/h7,9,15H,3-6,8H2,1-2H3. The van der Waals surface area contributed by atoms with Crippen molar-refractivity contribution in [1.29, 1.82) is 0 Å². The second-order valence-electron chi connectivity index (χ2n) is 4.89. The number of nitrogens with zero attached hydrogens (tertiary/aromatic N) is 3. The SMILES string of the molecule is CCCN(c1cnn(CC(=O)OC)c(=O)c1Br)C1CNC1. The molecule has 0 aromatic carbocycles. The van der Waals surface area contributed by atoms with E-state index >= 15 is 0 Å². The van der Waals surface area contributed by atoms with E-state index in [1.165, 1.54) is 7.11 Å². The molecule has 1 aromatic heterocycles. The van der Waals surface area contributed by atoms with Crippen LogP contribution in [-0.2, 0) is 16.1 Å². The Morgan fingerprint density at radius 3 is 2.86 bits per heavy atom. The van der Waals surface area contributed by atoms with E-state index in [1.807, 2.05) is 0 Å². The van der Waals surface area contributed by atoms with Gasteiger partial charge in [0.25, 0.3) is 5.56 Å². The molecule has 0 spiro atoms. The molecule has 116 valence electrons. The van der Waals surface area contributed by atoms with Gasteiger partial charge in [-0.3, -0.25) is 9.59 Å². The maximum atomic E-state index is 12.3. The molecular weight excluding hydrogens is 340 g/mol. The van der Waals surface area contributed by atoms with Crippen LogP contribution < -0.4 is 15.8 Å². The zero-order chi connectivity index (χ0) is 15.4. The van der Waals surface area contributed by atoms with E-state index in [2.05, 4.69) is 42.9 Å². The second kappa shape index (κ2) is 7.04. The van der Waals surface area contributed by atoms with E-state index in [4.69, 9.17) is 0 Å². The van der Waals surface area contributed by atoms with Crippen LogP contribution in [0.3, 0.4) is 0 Å². The van der Waals surface area contributed by atoms with Crippen molar-refractivity contribution in [3.8, 4) is 0 Å². The highest BCUT2D eigenvalue weighted by Gasteiger charge is 2.27. The van der Waals surface area contributed by atoms with Gasteiger partial charge in [0.1, 0.15) is 11.0 Å².